The van der Waals surface area contributed by atoms with Gasteiger partial charge in [-0.15, -0.1) is 0 Å². The smallest absolute Gasteiger partial charge is 0.410 e. The number of methoxy groups -OCH3 is 1. The van der Waals surface area contributed by atoms with Gasteiger partial charge in [-0.25, -0.2) is 4.79 Å². The largest absolute Gasteiger partial charge is 0.453 e. The summed E-state index contributed by atoms with van der Waals surface area (Å²) in [6.07, 6.45) is 0.114. The van der Waals surface area contributed by atoms with E-state index >= 15 is 0 Å². The van der Waals surface area contributed by atoms with Gasteiger partial charge in [0.15, 0.2) is 0 Å². The van der Waals surface area contributed by atoms with E-state index in [2.05, 4.69) is 21.2 Å². The number of aliphatic hydroxyl groups is 1. The van der Waals surface area contributed by atoms with E-state index in [0.717, 1.165) is 15.6 Å². The van der Waals surface area contributed by atoms with Crippen molar-refractivity contribution in [2.75, 3.05) is 20.3 Å². The molecule has 1 aromatic rings. The van der Waals surface area contributed by atoms with Crippen molar-refractivity contribution in [2.24, 2.45) is 0 Å². The molecule has 0 spiro atoms. The van der Waals surface area contributed by atoms with Crippen molar-refractivity contribution in [3.8, 4) is 0 Å². The number of benzene rings is 1. The Morgan fingerprint density at radius 3 is 2.78 bits per heavy atom. The van der Waals surface area contributed by atoms with Crippen LogP contribution in [0, 0.1) is 0 Å². The summed E-state index contributed by atoms with van der Waals surface area (Å²) >= 11 is 3.41. The zero-order valence-corrected chi connectivity index (χ0v) is 15.0. The maximum atomic E-state index is 12.8. The Hall–Kier alpha value is -1.60. The van der Waals surface area contributed by atoms with Crippen LogP contribution in [0.25, 0.3) is 0 Å². The van der Waals surface area contributed by atoms with E-state index in [4.69, 9.17) is 4.74 Å². The average molecular weight is 385 g/mol. The summed E-state index contributed by atoms with van der Waals surface area (Å²) < 4.78 is 5.65. The topological polar surface area (TPSA) is 78.9 Å². The van der Waals surface area contributed by atoms with Crippen molar-refractivity contribution in [1.82, 2.24) is 10.2 Å². The molecule has 0 saturated carbocycles. The second-order valence-electron chi connectivity index (χ2n) is 6.19. The van der Waals surface area contributed by atoms with Crippen molar-refractivity contribution in [3.63, 3.8) is 0 Å². The zero-order chi connectivity index (χ0) is 17.2. The minimum Gasteiger partial charge on any atom is -0.453 e. The number of amides is 2. The normalized spacial score (nSPS) is 17.4. The van der Waals surface area contributed by atoms with Crippen LogP contribution in [0.5, 0.6) is 0 Å². The first kappa shape index (κ1) is 17.7. The van der Waals surface area contributed by atoms with Crippen LogP contribution in [0.15, 0.2) is 22.7 Å². The molecule has 1 aromatic carbocycles. The van der Waals surface area contributed by atoms with Crippen LogP contribution >= 0.6 is 15.9 Å². The Bertz CT molecular complexity index is 618. The van der Waals surface area contributed by atoms with Gasteiger partial charge in [-0.3, -0.25) is 9.69 Å². The molecule has 2 amide bonds. The number of aliphatic hydroxyl groups excluding tert-OH is 1. The zero-order valence-electron chi connectivity index (χ0n) is 13.4. The van der Waals surface area contributed by atoms with Crippen molar-refractivity contribution in [3.05, 3.63) is 33.8 Å². The molecule has 6 nitrogen and oxygen atoms in total. The highest BCUT2D eigenvalue weighted by molar-refractivity contribution is 9.10. The van der Waals surface area contributed by atoms with Gasteiger partial charge >= 0.3 is 6.09 Å². The Kier molecular flexibility index (Phi) is 5.31. The molecule has 7 heteroatoms. The molecule has 0 aromatic heterocycles. The molecule has 0 fully saturated rings. The van der Waals surface area contributed by atoms with Gasteiger partial charge in [-0.05, 0) is 43.5 Å². The molecule has 0 aliphatic carbocycles. The Morgan fingerprint density at radius 1 is 1.48 bits per heavy atom. The average Bonchev–Trinajstić information content (AvgIpc) is 2.52. The summed E-state index contributed by atoms with van der Waals surface area (Å²) in [6, 6.07) is 4.93. The van der Waals surface area contributed by atoms with E-state index in [1.165, 1.54) is 12.0 Å². The van der Waals surface area contributed by atoms with Crippen LogP contribution < -0.4 is 5.32 Å². The van der Waals surface area contributed by atoms with E-state index in [9.17, 15) is 14.7 Å². The molecule has 0 radical (unpaired) electrons. The van der Waals surface area contributed by atoms with Crippen LogP contribution in [-0.4, -0.2) is 47.8 Å². The lowest BCUT2D eigenvalue weighted by Gasteiger charge is -2.37. The van der Waals surface area contributed by atoms with Crippen LogP contribution in [0.3, 0.4) is 0 Å². The first-order valence-electron chi connectivity index (χ1n) is 7.35. The SMILES string of the molecule is COC(=O)N1CCc2ccc(Br)cc2[C@H]1C(=O)NC(C)(C)CO. The lowest BCUT2D eigenvalue weighted by Crippen LogP contribution is -2.53. The summed E-state index contributed by atoms with van der Waals surface area (Å²) in [5.74, 6) is -0.339. The first-order valence-corrected chi connectivity index (χ1v) is 8.14. The van der Waals surface area contributed by atoms with Crippen LogP contribution in [-0.2, 0) is 16.0 Å². The minimum atomic E-state index is -0.783. The Balaban J connectivity index is 2.42. The molecule has 126 valence electrons. The second kappa shape index (κ2) is 6.88. The van der Waals surface area contributed by atoms with Gasteiger partial charge in [-0.1, -0.05) is 22.0 Å². The molecular formula is C16H21BrN2O4. The van der Waals surface area contributed by atoms with Crippen LogP contribution in [0.1, 0.15) is 31.0 Å². The van der Waals surface area contributed by atoms with Gasteiger partial charge in [0.05, 0.1) is 19.3 Å². The molecule has 1 atom stereocenters. The maximum Gasteiger partial charge on any atom is 0.410 e. The number of hydrogen-bond acceptors (Lipinski definition) is 4. The highest BCUT2D eigenvalue weighted by atomic mass is 79.9. The van der Waals surface area contributed by atoms with Crippen molar-refractivity contribution >= 4 is 27.9 Å². The van der Waals surface area contributed by atoms with E-state index in [1.807, 2.05) is 18.2 Å². The monoisotopic (exact) mass is 384 g/mol. The fourth-order valence-electron chi connectivity index (χ4n) is 2.62. The predicted octanol–water partition coefficient (Wildman–Crippen LogP) is 2.00. The van der Waals surface area contributed by atoms with Gasteiger partial charge in [0.2, 0.25) is 5.91 Å². The summed E-state index contributed by atoms with van der Waals surface area (Å²) in [4.78, 5) is 26.3. The Morgan fingerprint density at radius 2 is 2.17 bits per heavy atom. The maximum absolute atomic E-state index is 12.8. The fraction of sp³-hybridized carbons (Fsp3) is 0.500. The number of halogens is 1. The van der Waals surface area contributed by atoms with E-state index in [0.29, 0.717) is 13.0 Å². The molecule has 0 unspecified atom stereocenters. The number of nitrogens with one attached hydrogen (secondary N) is 1. The summed E-state index contributed by atoms with van der Waals surface area (Å²) in [7, 11) is 1.30. The minimum absolute atomic E-state index is 0.199. The molecule has 2 N–H and O–H groups in total. The fourth-order valence-corrected chi connectivity index (χ4v) is 3.00. The molecule has 1 heterocycles. The number of nitrogens with zero attached hydrogens (tertiary/aromatic N) is 1. The van der Waals surface area contributed by atoms with Gasteiger partial charge in [0, 0.05) is 11.0 Å². The van der Waals surface area contributed by atoms with Gasteiger partial charge < -0.3 is 15.2 Å². The lowest BCUT2D eigenvalue weighted by atomic mass is 9.91. The number of fused-ring (bicyclic) bond motifs is 1. The van der Waals surface area contributed by atoms with Gasteiger partial charge in [0.25, 0.3) is 0 Å². The van der Waals surface area contributed by atoms with Gasteiger partial charge in [-0.2, -0.15) is 0 Å². The number of hydrogen-bond donors (Lipinski definition) is 2. The molecule has 23 heavy (non-hydrogen) atoms. The van der Waals surface area contributed by atoms with Crippen molar-refractivity contribution in [2.45, 2.75) is 31.8 Å². The van der Waals surface area contributed by atoms with Crippen LogP contribution in [0.2, 0.25) is 0 Å². The first-order chi connectivity index (χ1) is 10.8. The van der Waals surface area contributed by atoms with Crippen molar-refractivity contribution in [1.29, 1.82) is 0 Å². The molecule has 1 aliphatic heterocycles. The quantitative estimate of drug-likeness (QED) is 0.835. The van der Waals surface area contributed by atoms with E-state index in [1.54, 1.807) is 13.8 Å². The second-order valence-corrected chi connectivity index (χ2v) is 7.11. The molecule has 2 rings (SSSR count). The third kappa shape index (κ3) is 3.84. The molecule has 0 saturated heterocycles. The highest BCUT2D eigenvalue weighted by Gasteiger charge is 2.38. The van der Waals surface area contributed by atoms with Crippen LogP contribution in [0.4, 0.5) is 4.79 Å². The summed E-state index contributed by atoms with van der Waals surface area (Å²) in [5.41, 5.74) is 1.01. The third-order valence-electron chi connectivity index (χ3n) is 3.85. The highest BCUT2D eigenvalue weighted by Crippen LogP contribution is 2.33. The Labute approximate surface area is 143 Å². The number of carbonyl (C=O) groups excluding carboxylic acids is 2. The number of ether oxygens (including phenoxy) is 1. The van der Waals surface area contributed by atoms with Gasteiger partial charge in [0.1, 0.15) is 6.04 Å². The summed E-state index contributed by atoms with van der Waals surface area (Å²) in [5, 5.41) is 12.2. The third-order valence-corrected chi connectivity index (χ3v) is 4.34. The van der Waals surface area contributed by atoms with Crippen molar-refractivity contribution < 1.29 is 19.4 Å². The number of rotatable bonds is 3. The predicted molar refractivity (Wildman–Crippen MR) is 89.0 cm³/mol. The van der Waals surface area contributed by atoms with E-state index in [-0.39, 0.29) is 12.5 Å². The molecule has 0 bridgehead atoms. The molecule has 1 aliphatic rings. The lowest BCUT2D eigenvalue weighted by molar-refractivity contribution is -0.128. The standard InChI is InChI=1S/C16H21BrN2O4/c1-16(2,9-20)18-14(21)13-12-8-11(17)5-4-10(12)6-7-19(13)15(22)23-3/h4-5,8,13,20H,6-7,9H2,1-3H3,(H,18,21)/t13-/m0/s1. The van der Waals surface area contributed by atoms with E-state index < -0.39 is 17.7 Å². The molecular weight excluding hydrogens is 364 g/mol. The summed E-state index contributed by atoms with van der Waals surface area (Å²) in [6.45, 7) is 3.64. The number of carbonyl (C=O) groups is 2.